The first-order chi connectivity index (χ1) is 4.47. The van der Waals surface area contributed by atoms with Gasteiger partial charge >= 0.3 is 0 Å². The van der Waals surface area contributed by atoms with E-state index in [1.54, 1.807) is 0 Å². The van der Waals surface area contributed by atoms with E-state index < -0.39 is 0 Å². The van der Waals surface area contributed by atoms with Gasteiger partial charge in [0.25, 0.3) is 0 Å². The van der Waals surface area contributed by atoms with Gasteiger partial charge in [0, 0.05) is 20.4 Å². The summed E-state index contributed by atoms with van der Waals surface area (Å²) in [5.74, 6) is 0. The van der Waals surface area contributed by atoms with Gasteiger partial charge in [-0.1, -0.05) is 18.9 Å². The van der Waals surface area contributed by atoms with E-state index in [1.165, 1.54) is 24.0 Å². The SMILES string of the molecule is [Re].c1ccc2c(c1)[CH-]CC2. The smallest absolute Gasteiger partial charge is 0 e. The van der Waals surface area contributed by atoms with Crippen LogP contribution >= 0.6 is 0 Å². The third kappa shape index (κ3) is 1.26. The van der Waals surface area contributed by atoms with Crippen molar-refractivity contribution in [1.82, 2.24) is 0 Å². The summed E-state index contributed by atoms with van der Waals surface area (Å²) in [6.45, 7) is 0. The van der Waals surface area contributed by atoms with E-state index in [1.807, 2.05) is 0 Å². The number of fused-ring (bicyclic) bond motifs is 1. The minimum atomic E-state index is 0. The molecule has 0 fully saturated rings. The van der Waals surface area contributed by atoms with Gasteiger partial charge in [0.1, 0.15) is 0 Å². The molecule has 0 amide bonds. The summed E-state index contributed by atoms with van der Waals surface area (Å²) in [4.78, 5) is 0. The molecule has 1 heteroatoms. The molecule has 10 heavy (non-hydrogen) atoms. The monoisotopic (exact) mass is 304 g/mol. The van der Waals surface area contributed by atoms with Crippen LogP contribution in [0.2, 0.25) is 0 Å². The second kappa shape index (κ2) is 3.23. The Kier molecular flexibility index (Phi) is 2.54. The zero-order valence-corrected chi connectivity index (χ0v) is 8.39. The molecule has 0 aromatic heterocycles. The van der Waals surface area contributed by atoms with Crippen LogP contribution in [0.5, 0.6) is 0 Å². The quantitative estimate of drug-likeness (QED) is 0.645. The predicted octanol–water partition coefficient (Wildman–Crippen LogP) is 2.18. The molecule has 0 nitrogen and oxygen atoms in total. The Labute approximate surface area is 75.3 Å². The fourth-order valence-corrected chi connectivity index (χ4v) is 1.34. The molecule has 1 aromatic carbocycles. The van der Waals surface area contributed by atoms with Crippen molar-refractivity contribution in [3.8, 4) is 0 Å². The Hall–Kier alpha value is -0.248. The molecule has 2 rings (SSSR count). The van der Waals surface area contributed by atoms with E-state index >= 15 is 0 Å². The van der Waals surface area contributed by atoms with Crippen LogP contribution in [0, 0.1) is 6.42 Å². The largest absolute Gasteiger partial charge is 0.189 e. The van der Waals surface area contributed by atoms with Crippen LogP contribution in [-0.2, 0) is 26.8 Å². The Bertz CT molecular complexity index is 195. The van der Waals surface area contributed by atoms with Gasteiger partial charge in [-0.05, 0) is 0 Å². The number of hydrogen-bond donors (Lipinski definition) is 0. The van der Waals surface area contributed by atoms with E-state index in [2.05, 4.69) is 30.7 Å². The molecule has 0 bridgehead atoms. The summed E-state index contributed by atoms with van der Waals surface area (Å²) in [5.41, 5.74) is 2.95. The van der Waals surface area contributed by atoms with Crippen LogP contribution in [0.1, 0.15) is 17.5 Å². The molecule has 0 heterocycles. The molecular weight excluding hydrogens is 294 g/mol. The van der Waals surface area contributed by atoms with E-state index in [4.69, 9.17) is 0 Å². The van der Waals surface area contributed by atoms with Crippen LogP contribution < -0.4 is 0 Å². The summed E-state index contributed by atoms with van der Waals surface area (Å²) in [5, 5.41) is 0. The van der Waals surface area contributed by atoms with Gasteiger partial charge in [-0.3, -0.25) is 0 Å². The van der Waals surface area contributed by atoms with Crippen LogP contribution in [0.4, 0.5) is 0 Å². The molecular formula is C9H9Re-. The number of hydrogen-bond acceptors (Lipinski definition) is 0. The maximum absolute atomic E-state index is 2.30. The molecule has 0 spiro atoms. The van der Waals surface area contributed by atoms with Gasteiger partial charge in [0.2, 0.25) is 0 Å². The zero-order chi connectivity index (χ0) is 6.10. The number of rotatable bonds is 0. The Morgan fingerprint density at radius 1 is 1.20 bits per heavy atom. The first kappa shape index (κ1) is 7.85. The summed E-state index contributed by atoms with van der Waals surface area (Å²) in [6.07, 6.45) is 4.78. The molecule has 0 atom stereocenters. The van der Waals surface area contributed by atoms with Crippen molar-refractivity contribution in [3.63, 3.8) is 0 Å². The molecule has 0 unspecified atom stereocenters. The Morgan fingerprint density at radius 2 is 2.00 bits per heavy atom. The number of aryl methyl sites for hydroxylation is 1. The van der Waals surface area contributed by atoms with Gasteiger partial charge in [-0.2, -0.15) is 18.1 Å². The standard InChI is InChI=1S/C9H9.Re/c1-2-5-9-7-3-6-8(9)4-1;/h1-2,4-6H,3,7H2;/q-1;. The average Bonchev–Trinajstić information content (AvgIpc) is 2.33. The fourth-order valence-electron chi connectivity index (χ4n) is 1.34. The van der Waals surface area contributed by atoms with Crippen molar-refractivity contribution >= 4 is 0 Å². The summed E-state index contributed by atoms with van der Waals surface area (Å²) < 4.78 is 0. The first-order valence-corrected chi connectivity index (χ1v) is 3.38. The second-order valence-electron chi connectivity index (χ2n) is 2.44. The average molecular weight is 303 g/mol. The number of benzene rings is 1. The normalized spacial score (nSPS) is 13.2. The van der Waals surface area contributed by atoms with Gasteiger partial charge in [-0.15, -0.1) is 17.7 Å². The fraction of sp³-hybridized carbons (Fsp3) is 0.222. The Morgan fingerprint density at radius 3 is 2.80 bits per heavy atom. The topological polar surface area (TPSA) is 0 Å². The summed E-state index contributed by atoms with van der Waals surface area (Å²) >= 11 is 0. The van der Waals surface area contributed by atoms with Crippen molar-refractivity contribution in [2.75, 3.05) is 0 Å². The molecule has 0 saturated heterocycles. The zero-order valence-electron chi connectivity index (χ0n) is 5.68. The van der Waals surface area contributed by atoms with Crippen molar-refractivity contribution in [2.45, 2.75) is 12.8 Å². The molecule has 0 saturated carbocycles. The molecule has 1 aromatic rings. The van der Waals surface area contributed by atoms with E-state index in [-0.39, 0.29) is 20.4 Å². The van der Waals surface area contributed by atoms with Crippen molar-refractivity contribution in [3.05, 3.63) is 41.8 Å². The van der Waals surface area contributed by atoms with Crippen LogP contribution in [0.15, 0.2) is 24.3 Å². The predicted molar refractivity (Wildman–Crippen MR) is 38.2 cm³/mol. The van der Waals surface area contributed by atoms with Gasteiger partial charge in [0.15, 0.2) is 0 Å². The molecule has 1 aliphatic rings. The summed E-state index contributed by atoms with van der Waals surface area (Å²) in [7, 11) is 0. The van der Waals surface area contributed by atoms with Gasteiger partial charge in [-0.25, -0.2) is 0 Å². The maximum atomic E-state index is 2.30. The molecule has 1 radical (unpaired) electrons. The third-order valence-corrected chi connectivity index (χ3v) is 1.83. The van der Waals surface area contributed by atoms with Crippen LogP contribution in [0.3, 0.4) is 0 Å². The maximum Gasteiger partial charge on any atom is 0 e. The van der Waals surface area contributed by atoms with Crippen LogP contribution in [0.25, 0.3) is 0 Å². The van der Waals surface area contributed by atoms with E-state index in [9.17, 15) is 0 Å². The van der Waals surface area contributed by atoms with E-state index in [0.717, 1.165) is 0 Å². The summed E-state index contributed by atoms with van der Waals surface area (Å²) in [6, 6.07) is 8.60. The molecule has 0 aliphatic heterocycles. The molecule has 0 N–H and O–H groups in total. The van der Waals surface area contributed by atoms with Crippen molar-refractivity contribution in [2.24, 2.45) is 0 Å². The second-order valence-corrected chi connectivity index (χ2v) is 2.44. The van der Waals surface area contributed by atoms with Crippen molar-refractivity contribution < 1.29 is 20.4 Å². The van der Waals surface area contributed by atoms with Gasteiger partial charge < -0.3 is 0 Å². The molecule has 53 valence electrons. The van der Waals surface area contributed by atoms with Gasteiger partial charge in [0.05, 0.1) is 0 Å². The Balaban J connectivity index is 0.000000500. The minimum Gasteiger partial charge on any atom is -0.189 e. The van der Waals surface area contributed by atoms with Crippen LogP contribution in [-0.4, -0.2) is 0 Å². The molecule has 1 aliphatic carbocycles. The van der Waals surface area contributed by atoms with E-state index in [0.29, 0.717) is 0 Å². The minimum absolute atomic E-state index is 0. The first-order valence-electron chi connectivity index (χ1n) is 3.38. The third-order valence-electron chi connectivity index (χ3n) is 1.83. The van der Waals surface area contributed by atoms with Crippen molar-refractivity contribution in [1.29, 1.82) is 0 Å².